The molecule has 1 aromatic carbocycles. The smallest absolute Gasteiger partial charge is 0.249 e. The molecule has 4 N–H and O–H groups in total. The standard InChI is InChI=1S/C19H25N7O2S2/c1-9(2)29-11-7-5-10(6-8-11)12(20)16(27)21-13-17(28)26-14(15-22-24-25-23-15)19(3,4)30-18(13)26/h5-9,12-14,18H,20H2,1-4H3,(H,21,27)(H,22,23,24,25)/t12?,13?,14?,18-/m0/s1. The highest BCUT2D eigenvalue weighted by molar-refractivity contribution is 8.01. The van der Waals surface area contributed by atoms with Crippen molar-refractivity contribution in [3.8, 4) is 0 Å². The Balaban J connectivity index is 1.43. The number of tetrazole rings is 1. The molecule has 160 valence electrons. The average molecular weight is 448 g/mol. The molecule has 0 saturated carbocycles. The van der Waals surface area contributed by atoms with Gasteiger partial charge in [-0.25, -0.2) is 5.10 Å². The van der Waals surface area contributed by atoms with E-state index in [-0.39, 0.29) is 28.0 Å². The Bertz CT molecular complexity index is 933. The number of hydrogen-bond donors (Lipinski definition) is 3. The average Bonchev–Trinajstić information content (AvgIpc) is 3.29. The molecule has 2 aromatic rings. The molecule has 9 nitrogen and oxygen atoms in total. The lowest BCUT2D eigenvalue weighted by Crippen LogP contribution is -2.68. The summed E-state index contributed by atoms with van der Waals surface area (Å²) in [7, 11) is 0. The van der Waals surface area contributed by atoms with E-state index in [2.05, 4.69) is 39.8 Å². The molecule has 1 aromatic heterocycles. The van der Waals surface area contributed by atoms with Crippen LogP contribution in [0.4, 0.5) is 0 Å². The molecule has 0 radical (unpaired) electrons. The highest BCUT2D eigenvalue weighted by atomic mass is 32.2. The molecule has 3 heterocycles. The fraction of sp³-hybridized carbons (Fsp3) is 0.526. The lowest BCUT2D eigenvalue weighted by molar-refractivity contribution is -0.152. The quantitative estimate of drug-likeness (QED) is 0.450. The highest BCUT2D eigenvalue weighted by Crippen LogP contribution is 2.56. The second-order valence-electron chi connectivity index (χ2n) is 8.25. The Morgan fingerprint density at radius 2 is 2.03 bits per heavy atom. The Labute approximate surface area is 183 Å². The minimum absolute atomic E-state index is 0.149. The molecule has 2 saturated heterocycles. The van der Waals surface area contributed by atoms with Gasteiger partial charge in [0, 0.05) is 14.9 Å². The summed E-state index contributed by atoms with van der Waals surface area (Å²) in [5, 5.41) is 17.2. The third-order valence-electron chi connectivity index (χ3n) is 5.25. The first-order chi connectivity index (χ1) is 14.2. The number of nitrogens with two attached hydrogens (primary N) is 1. The maximum absolute atomic E-state index is 12.9. The van der Waals surface area contributed by atoms with Gasteiger partial charge in [-0.2, -0.15) is 0 Å². The summed E-state index contributed by atoms with van der Waals surface area (Å²) in [4.78, 5) is 28.5. The van der Waals surface area contributed by atoms with E-state index in [9.17, 15) is 9.59 Å². The van der Waals surface area contributed by atoms with E-state index < -0.39 is 12.1 Å². The summed E-state index contributed by atoms with van der Waals surface area (Å²) in [6, 6.07) is 5.95. The van der Waals surface area contributed by atoms with Gasteiger partial charge in [0.2, 0.25) is 11.8 Å². The van der Waals surface area contributed by atoms with Gasteiger partial charge in [0.15, 0.2) is 5.82 Å². The second kappa shape index (κ2) is 7.86. The zero-order valence-corrected chi connectivity index (χ0v) is 18.8. The van der Waals surface area contributed by atoms with Crippen LogP contribution in [0.1, 0.15) is 51.2 Å². The Hall–Kier alpha value is -2.11. The molecule has 4 rings (SSSR count). The first-order valence-corrected chi connectivity index (χ1v) is 11.5. The number of H-pyrrole nitrogens is 1. The van der Waals surface area contributed by atoms with Crippen LogP contribution >= 0.6 is 23.5 Å². The number of aromatic amines is 1. The summed E-state index contributed by atoms with van der Waals surface area (Å²) in [6.45, 7) is 8.33. The number of carbonyl (C=O) groups excluding carboxylic acids is 2. The van der Waals surface area contributed by atoms with Crippen molar-refractivity contribution in [1.29, 1.82) is 0 Å². The van der Waals surface area contributed by atoms with Gasteiger partial charge < -0.3 is 16.0 Å². The van der Waals surface area contributed by atoms with Crippen molar-refractivity contribution in [3.63, 3.8) is 0 Å². The molecule has 30 heavy (non-hydrogen) atoms. The van der Waals surface area contributed by atoms with Crippen LogP contribution in [0.3, 0.4) is 0 Å². The van der Waals surface area contributed by atoms with Crippen LogP contribution in [0, 0.1) is 0 Å². The second-order valence-corrected chi connectivity index (χ2v) is 11.7. The largest absolute Gasteiger partial charge is 0.340 e. The third-order valence-corrected chi connectivity index (χ3v) is 7.84. The van der Waals surface area contributed by atoms with Crippen LogP contribution in [-0.4, -0.2) is 58.8 Å². The number of amides is 2. The molecule has 2 aliphatic heterocycles. The fourth-order valence-corrected chi connectivity index (χ4v) is 6.37. The lowest BCUT2D eigenvalue weighted by atomic mass is 9.95. The topological polar surface area (TPSA) is 130 Å². The van der Waals surface area contributed by atoms with Gasteiger partial charge in [0.1, 0.15) is 23.5 Å². The van der Waals surface area contributed by atoms with Crippen LogP contribution in [0.15, 0.2) is 29.2 Å². The van der Waals surface area contributed by atoms with Crippen molar-refractivity contribution in [2.75, 3.05) is 0 Å². The molecule has 0 bridgehead atoms. The number of nitrogens with zero attached hydrogens (tertiary/aromatic N) is 4. The minimum atomic E-state index is -0.835. The molecule has 2 amide bonds. The molecule has 2 aliphatic rings. The number of fused-ring (bicyclic) bond motifs is 1. The number of β-lactam (4-membered cyclic amide) rings is 1. The number of carbonyl (C=O) groups is 2. The van der Waals surface area contributed by atoms with E-state index in [0.717, 1.165) is 4.90 Å². The van der Waals surface area contributed by atoms with Crippen molar-refractivity contribution >= 4 is 35.3 Å². The number of benzene rings is 1. The van der Waals surface area contributed by atoms with Crippen molar-refractivity contribution in [1.82, 2.24) is 30.8 Å². The molecule has 4 atom stereocenters. The fourth-order valence-electron chi connectivity index (χ4n) is 3.89. The summed E-state index contributed by atoms with van der Waals surface area (Å²) in [6.07, 6.45) is 0. The summed E-state index contributed by atoms with van der Waals surface area (Å²) in [5.74, 6) is 0.0355. The van der Waals surface area contributed by atoms with E-state index in [1.54, 1.807) is 28.4 Å². The molecule has 0 spiro atoms. The normalized spacial score (nSPS) is 25.7. The molecular weight excluding hydrogens is 422 g/mol. The maximum Gasteiger partial charge on any atom is 0.249 e. The Morgan fingerprint density at radius 3 is 2.63 bits per heavy atom. The number of aromatic nitrogens is 4. The third kappa shape index (κ3) is 3.69. The van der Waals surface area contributed by atoms with Crippen LogP contribution in [-0.2, 0) is 9.59 Å². The van der Waals surface area contributed by atoms with Crippen LogP contribution in [0.5, 0.6) is 0 Å². The van der Waals surface area contributed by atoms with Crippen LogP contribution < -0.4 is 11.1 Å². The summed E-state index contributed by atoms with van der Waals surface area (Å²) in [5.41, 5.74) is 6.89. The Kier molecular flexibility index (Phi) is 5.54. The van der Waals surface area contributed by atoms with E-state index in [1.807, 2.05) is 38.1 Å². The minimum Gasteiger partial charge on any atom is -0.340 e. The van der Waals surface area contributed by atoms with E-state index in [4.69, 9.17) is 5.73 Å². The van der Waals surface area contributed by atoms with Gasteiger partial charge in [0.05, 0.1) is 0 Å². The van der Waals surface area contributed by atoms with Gasteiger partial charge >= 0.3 is 0 Å². The molecular formula is C19H25N7O2S2. The zero-order chi connectivity index (χ0) is 21.6. The Morgan fingerprint density at radius 1 is 1.33 bits per heavy atom. The van der Waals surface area contributed by atoms with E-state index >= 15 is 0 Å². The SMILES string of the molecule is CC(C)Sc1ccc(C(N)C(=O)NC2C(=O)N3C(c4nnn[nH]4)C(C)(C)S[C@@H]23)cc1. The highest BCUT2D eigenvalue weighted by Gasteiger charge is 2.63. The van der Waals surface area contributed by atoms with Crippen LogP contribution in [0.2, 0.25) is 0 Å². The number of nitrogens with one attached hydrogen (secondary N) is 2. The van der Waals surface area contributed by atoms with E-state index in [0.29, 0.717) is 16.6 Å². The maximum atomic E-state index is 12.9. The van der Waals surface area contributed by atoms with Gasteiger partial charge in [-0.1, -0.05) is 26.0 Å². The van der Waals surface area contributed by atoms with Crippen LogP contribution in [0.25, 0.3) is 0 Å². The van der Waals surface area contributed by atoms with Gasteiger partial charge in [-0.05, 0) is 42.0 Å². The van der Waals surface area contributed by atoms with Gasteiger partial charge in [-0.3, -0.25) is 9.59 Å². The van der Waals surface area contributed by atoms with E-state index in [1.165, 1.54) is 0 Å². The van der Waals surface area contributed by atoms with Gasteiger partial charge in [-0.15, -0.1) is 28.6 Å². The molecule has 2 fully saturated rings. The summed E-state index contributed by atoms with van der Waals surface area (Å²) >= 11 is 3.37. The van der Waals surface area contributed by atoms with Crippen molar-refractivity contribution < 1.29 is 9.59 Å². The number of hydrogen-bond acceptors (Lipinski definition) is 8. The number of thioether (sulfide) groups is 2. The predicted molar refractivity (Wildman–Crippen MR) is 116 cm³/mol. The monoisotopic (exact) mass is 447 g/mol. The summed E-state index contributed by atoms with van der Waals surface area (Å²) < 4.78 is -0.299. The first-order valence-electron chi connectivity index (χ1n) is 9.75. The lowest BCUT2D eigenvalue weighted by Gasteiger charge is -2.44. The molecule has 11 heteroatoms. The van der Waals surface area contributed by atoms with Crippen molar-refractivity contribution in [3.05, 3.63) is 35.7 Å². The van der Waals surface area contributed by atoms with Crippen molar-refractivity contribution in [2.24, 2.45) is 5.73 Å². The zero-order valence-electron chi connectivity index (χ0n) is 17.2. The predicted octanol–water partition coefficient (Wildman–Crippen LogP) is 1.62. The number of rotatable bonds is 6. The van der Waals surface area contributed by atoms with Crippen molar-refractivity contribution in [2.45, 2.75) is 66.1 Å². The first kappa shape index (κ1) is 21.1. The van der Waals surface area contributed by atoms with Gasteiger partial charge in [0.25, 0.3) is 0 Å². The molecule has 3 unspecified atom stereocenters. The molecule has 0 aliphatic carbocycles.